The average Bonchev–Trinajstić information content (AvgIpc) is 3.08. The van der Waals surface area contributed by atoms with Crippen molar-refractivity contribution in [2.75, 3.05) is 18.9 Å². The zero-order valence-corrected chi connectivity index (χ0v) is 16.4. The molecule has 1 atom stereocenters. The lowest BCUT2D eigenvalue weighted by Gasteiger charge is -2.10. The molecule has 1 aliphatic heterocycles. The van der Waals surface area contributed by atoms with Gasteiger partial charge in [0.15, 0.2) is 9.84 Å². The Hall–Kier alpha value is -3.07. The zero-order valence-electron chi connectivity index (χ0n) is 15.5. The van der Waals surface area contributed by atoms with E-state index < -0.39 is 21.9 Å². The van der Waals surface area contributed by atoms with E-state index in [2.05, 4.69) is 5.32 Å². The summed E-state index contributed by atoms with van der Waals surface area (Å²) in [7, 11) is -3.67. The summed E-state index contributed by atoms with van der Waals surface area (Å²) in [6, 6.07) is 13.5. The molecule has 0 spiro atoms. The van der Waals surface area contributed by atoms with Crippen LogP contribution in [0.4, 0.5) is 4.79 Å². The van der Waals surface area contributed by atoms with Crippen LogP contribution >= 0.6 is 0 Å². The van der Waals surface area contributed by atoms with Gasteiger partial charge in [-0.25, -0.2) is 13.2 Å². The summed E-state index contributed by atoms with van der Waals surface area (Å²) in [4.78, 5) is 22.8. The Kier molecular flexibility index (Phi) is 6.38. The van der Waals surface area contributed by atoms with Crippen molar-refractivity contribution < 1.29 is 32.6 Å². The number of hydrogen-bond acceptors (Lipinski definition) is 6. The van der Waals surface area contributed by atoms with Gasteiger partial charge in [-0.1, -0.05) is 30.3 Å². The molecule has 9 heteroatoms. The Morgan fingerprint density at radius 1 is 1.17 bits per heavy atom. The minimum absolute atomic E-state index is 0.0663. The lowest BCUT2D eigenvalue weighted by Crippen LogP contribution is -2.29. The molecule has 0 fully saturated rings. The summed E-state index contributed by atoms with van der Waals surface area (Å²) in [5.41, 5.74) is 1.40. The van der Waals surface area contributed by atoms with Gasteiger partial charge in [-0.3, -0.25) is 4.79 Å². The summed E-state index contributed by atoms with van der Waals surface area (Å²) in [6.07, 6.45) is -0.835. The number of carboxylic acid groups (broad SMARTS) is 1. The Balaban J connectivity index is 1.55. The molecule has 0 radical (unpaired) electrons. The molecule has 1 amide bonds. The van der Waals surface area contributed by atoms with Crippen LogP contribution in [0.2, 0.25) is 0 Å². The Morgan fingerprint density at radius 3 is 2.66 bits per heavy atom. The quantitative estimate of drug-likeness (QED) is 0.674. The predicted molar refractivity (Wildman–Crippen MR) is 104 cm³/mol. The van der Waals surface area contributed by atoms with Crippen LogP contribution in [-0.4, -0.2) is 44.5 Å². The lowest BCUT2D eigenvalue weighted by atomic mass is 9.98. The SMILES string of the molecule is O=C(O)CC1COc2ccc(S(=O)(=O)CCNC(=O)OCc3ccccc3)cc21. The molecule has 3 rings (SSSR count). The maximum atomic E-state index is 12.6. The van der Waals surface area contributed by atoms with Crippen LogP contribution in [0.1, 0.15) is 23.5 Å². The summed E-state index contributed by atoms with van der Waals surface area (Å²) < 4.78 is 35.6. The van der Waals surface area contributed by atoms with Gasteiger partial charge in [0.2, 0.25) is 0 Å². The Labute approximate surface area is 168 Å². The van der Waals surface area contributed by atoms with Gasteiger partial charge in [-0.2, -0.15) is 0 Å². The first kappa shape index (κ1) is 20.7. The number of fused-ring (bicyclic) bond motifs is 1. The maximum Gasteiger partial charge on any atom is 0.407 e. The molecule has 0 saturated carbocycles. The van der Waals surface area contributed by atoms with Gasteiger partial charge in [-0.15, -0.1) is 0 Å². The van der Waals surface area contributed by atoms with Gasteiger partial charge < -0.3 is 19.9 Å². The summed E-state index contributed by atoms with van der Waals surface area (Å²) >= 11 is 0. The minimum atomic E-state index is -3.67. The van der Waals surface area contributed by atoms with Crippen LogP contribution in [0.5, 0.6) is 5.75 Å². The van der Waals surface area contributed by atoms with Crippen LogP contribution < -0.4 is 10.1 Å². The molecule has 1 unspecified atom stereocenters. The molecule has 8 nitrogen and oxygen atoms in total. The summed E-state index contributed by atoms with van der Waals surface area (Å²) in [6.45, 7) is 0.192. The van der Waals surface area contributed by atoms with Crippen molar-refractivity contribution in [1.29, 1.82) is 0 Å². The molecule has 0 saturated heterocycles. The number of carbonyl (C=O) groups is 2. The van der Waals surface area contributed by atoms with Crippen molar-refractivity contribution in [2.45, 2.75) is 23.8 Å². The number of amides is 1. The highest BCUT2D eigenvalue weighted by Gasteiger charge is 2.28. The number of nitrogens with one attached hydrogen (secondary N) is 1. The first-order valence-corrected chi connectivity index (χ1v) is 10.7. The number of sulfone groups is 1. The zero-order chi connectivity index (χ0) is 20.9. The molecular weight excluding hydrogens is 398 g/mol. The first-order valence-electron chi connectivity index (χ1n) is 9.01. The van der Waals surface area contributed by atoms with Gasteiger partial charge in [0, 0.05) is 18.0 Å². The molecule has 2 aromatic rings. The predicted octanol–water partition coefficient (Wildman–Crippen LogP) is 2.34. The molecule has 1 aliphatic rings. The molecular formula is C20H21NO7S. The molecule has 0 aliphatic carbocycles. The van der Waals surface area contributed by atoms with E-state index in [1.54, 1.807) is 0 Å². The molecule has 1 heterocycles. The van der Waals surface area contributed by atoms with E-state index in [0.29, 0.717) is 11.3 Å². The van der Waals surface area contributed by atoms with Gasteiger partial charge >= 0.3 is 12.1 Å². The monoisotopic (exact) mass is 419 g/mol. The molecule has 0 bridgehead atoms. The summed E-state index contributed by atoms with van der Waals surface area (Å²) in [5, 5.41) is 11.4. The first-order chi connectivity index (χ1) is 13.8. The maximum absolute atomic E-state index is 12.6. The summed E-state index contributed by atoms with van der Waals surface area (Å²) in [5.74, 6) is -1.17. The standard InChI is InChI=1S/C20H21NO7S/c22-19(23)10-15-13-27-18-7-6-16(11-17(15)18)29(25,26)9-8-21-20(24)28-12-14-4-2-1-3-5-14/h1-7,11,15H,8-10,12-13H2,(H,21,24)(H,22,23). The number of hydrogen-bond donors (Lipinski definition) is 2. The number of ether oxygens (including phenoxy) is 2. The number of benzene rings is 2. The number of rotatable bonds is 8. The van der Waals surface area contributed by atoms with E-state index in [1.807, 2.05) is 30.3 Å². The normalized spacial score (nSPS) is 15.2. The minimum Gasteiger partial charge on any atom is -0.493 e. The highest BCUT2D eigenvalue weighted by molar-refractivity contribution is 7.91. The van der Waals surface area contributed by atoms with E-state index in [4.69, 9.17) is 14.6 Å². The topological polar surface area (TPSA) is 119 Å². The van der Waals surface area contributed by atoms with Gasteiger partial charge in [0.1, 0.15) is 12.4 Å². The van der Waals surface area contributed by atoms with Crippen molar-refractivity contribution in [2.24, 2.45) is 0 Å². The van der Waals surface area contributed by atoms with Gasteiger partial charge in [0.05, 0.1) is 23.7 Å². The van der Waals surface area contributed by atoms with Gasteiger partial charge in [0.25, 0.3) is 0 Å². The molecule has 0 aromatic heterocycles. The number of carboxylic acids is 1. The van der Waals surface area contributed by atoms with E-state index in [-0.39, 0.29) is 42.7 Å². The van der Waals surface area contributed by atoms with E-state index >= 15 is 0 Å². The average molecular weight is 419 g/mol. The van der Waals surface area contributed by atoms with Gasteiger partial charge in [-0.05, 0) is 23.8 Å². The smallest absolute Gasteiger partial charge is 0.407 e. The number of carbonyl (C=O) groups excluding carboxylic acids is 1. The van der Waals surface area contributed by atoms with Crippen molar-refractivity contribution in [1.82, 2.24) is 5.32 Å². The Bertz CT molecular complexity index is 989. The second-order valence-corrected chi connectivity index (χ2v) is 8.72. The third-order valence-electron chi connectivity index (χ3n) is 4.49. The fourth-order valence-electron chi connectivity index (χ4n) is 3.01. The van der Waals surface area contributed by atoms with Crippen molar-refractivity contribution in [3.63, 3.8) is 0 Å². The molecule has 29 heavy (non-hydrogen) atoms. The largest absolute Gasteiger partial charge is 0.493 e. The number of alkyl carbamates (subject to hydrolysis) is 1. The van der Waals surface area contributed by atoms with Crippen LogP contribution in [0.25, 0.3) is 0 Å². The van der Waals surface area contributed by atoms with Crippen LogP contribution in [0, 0.1) is 0 Å². The van der Waals surface area contributed by atoms with Crippen molar-refractivity contribution in [3.05, 3.63) is 59.7 Å². The molecule has 2 N–H and O–H groups in total. The molecule has 2 aromatic carbocycles. The second-order valence-electron chi connectivity index (χ2n) is 6.61. The third kappa shape index (κ3) is 5.47. The van der Waals surface area contributed by atoms with Crippen molar-refractivity contribution >= 4 is 21.9 Å². The fraction of sp³-hybridized carbons (Fsp3) is 0.300. The highest BCUT2D eigenvalue weighted by Crippen LogP contribution is 2.37. The van der Waals surface area contributed by atoms with E-state index in [9.17, 15) is 18.0 Å². The second kappa shape index (κ2) is 8.95. The van der Waals surface area contributed by atoms with Crippen LogP contribution in [0.15, 0.2) is 53.4 Å². The van der Waals surface area contributed by atoms with Crippen molar-refractivity contribution in [3.8, 4) is 5.75 Å². The lowest BCUT2D eigenvalue weighted by molar-refractivity contribution is -0.137. The Morgan fingerprint density at radius 2 is 1.93 bits per heavy atom. The van der Waals surface area contributed by atoms with E-state index in [0.717, 1.165) is 5.56 Å². The van der Waals surface area contributed by atoms with Crippen LogP contribution in [-0.2, 0) is 26.0 Å². The number of aliphatic carboxylic acids is 1. The van der Waals surface area contributed by atoms with E-state index in [1.165, 1.54) is 18.2 Å². The highest BCUT2D eigenvalue weighted by atomic mass is 32.2. The third-order valence-corrected chi connectivity index (χ3v) is 6.21. The molecule has 154 valence electrons. The fourth-order valence-corrected chi connectivity index (χ4v) is 4.20. The van der Waals surface area contributed by atoms with Crippen LogP contribution in [0.3, 0.4) is 0 Å².